The lowest BCUT2D eigenvalue weighted by Gasteiger charge is -2.20. The summed E-state index contributed by atoms with van der Waals surface area (Å²) in [7, 11) is 0. The highest BCUT2D eigenvalue weighted by Crippen LogP contribution is 2.27. The molecule has 0 aliphatic rings. The molecule has 6 heteroatoms. The lowest BCUT2D eigenvalue weighted by Crippen LogP contribution is -2.37. The zero-order chi connectivity index (χ0) is 14.3. The van der Waals surface area contributed by atoms with Crippen molar-refractivity contribution in [2.24, 2.45) is 0 Å². The summed E-state index contributed by atoms with van der Waals surface area (Å²) in [6.45, 7) is 4.01. The Kier molecular flexibility index (Phi) is 6.91. The molecule has 0 heterocycles. The van der Waals surface area contributed by atoms with Gasteiger partial charge in [0.1, 0.15) is 5.75 Å². The maximum atomic E-state index is 11.9. The predicted molar refractivity (Wildman–Crippen MR) is 78.5 cm³/mol. The number of aliphatic hydroxyl groups is 1. The van der Waals surface area contributed by atoms with Crippen LogP contribution in [0.5, 0.6) is 5.75 Å². The van der Waals surface area contributed by atoms with Gasteiger partial charge in [-0.25, -0.2) is 0 Å². The number of ether oxygens (including phenoxy) is 1. The second-order valence-corrected chi connectivity index (χ2v) is 5.01. The molecule has 0 aromatic heterocycles. The zero-order valence-corrected chi connectivity index (χ0v) is 12.7. The number of amides is 1. The molecule has 0 saturated heterocycles. The number of nitrogens with zero attached hydrogens (tertiary/aromatic N) is 1. The minimum atomic E-state index is -0.212. The molecule has 0 aliphatic heterocycles. The number of benzene rings is 1. The van der Waals surface area contributed by atoms with E-state index in [0.29, 0.717) is 21.8 Å². The minimum absolute atomic E-state index is 0.0930. The Balaban J connectivity index is 2.59. The molecule has 1 amide bonds. The van der Waals surface area contributed by atoms with Crippen LogP contribution < -0.4 is 4.74 Å². The van der Waals surface area contributed by atoms with Crippen LogP contribution in [0.3, 0.4) is 0 Å². The van der Waals surface area contributed by atoms with E-state index in [1.165, 1.54) is 4.90 Å². The van der Waals surface area contributed by atoms with Gasteiger partial charge in [0.25, 0.3) is 5.91 Å². The highest BCUT2D eigenvalue weighted by Gasteiger charge is 2.13. The third-order valence-corrected chi connectivity index (χ3v) is 3.17. The number of aliphatic hydroxyl groups excluding tert-OH is 1. The van der Waals surface area contributed by atoms with E-state index in [4.69, 9.17) is 21.4 Å². The Morgan fingerprint density at radius 3 is 2.89 bits per heavy atom. The Hall–Kier alpha value is -1.04. The van der Waals surface area contributed by atoms with Crippen LogP contribution in [0.2, 0.25) is 5.02 Å². The average molecular weight is 349 g/mol. The highest BCUT2D eigenvalue weighted by atomic mass is 79.9. The predicted octanol–water partition coefficient (Wildman–Crippen LogP) is 2.49. The van der Waals surface area contributed by atoms with Crippen molar-refractivity contribution in [2.45, 2.75) is 0 Å². The third-order valence-electron chi connectivity index (χ3n) is 2.32. The van der Waals surface area contributed by atoms with Crippen molar-refractivity contribution in [2.75, 3.05) is 26.3 Å². The highest BCUT2D eigenvalue weighted by molar-refractivity contribution is 9.10. The Morgan fingerprint density at radius 2 is 2.32 bits per heavy atom. The first kappa shape index (κ1) is 16.0. The molecular weight excluding hydrogens is 334 g/mol. The molecule has 0 atom stereocenters. The van der Waals surface area contributed by atoms with E-state index in [-0.39, 0.29) is 25.7 Å². The molecule has 104 valence electrons. The average Bonchev–Trinajstić information content (AvgIpc) is 2.37. The van der Waals surface area contributed by atoms with Crippen molar-refractivity contribution < 1.29 is 14.6 Å². The summed E-state index contributed by atoms with van der Waals surface area (Å²) < 4.78 is 6.10. The van der Waals surface area contributed by atoms with Crippen LogP contribution in [0, 0.1) is 0 Å². The fraction of sp³-hybridized carbons (Fsp3) is 0.308. The maximum absolute atomic E-state index is 11.9. The summed E-state index contributed by atoms with van der Waals surface area (Å²) in [6, 6.07) is 5.06. The van der Waals surface area contributed by atoms with E-state index in [1.807, 2.05) is 0 Å². The number of rotatable bonds is 7. The van der Waals surface area contributed by atoms with Crippen LogP contribution >= 0.6 is 27.5 Å². The first-order valence-electron chi connectivity index (χ1n) is 5.66. The zero-order valence-electron chi connectivity index (χ0n) is 10.3. The second-order valence-electron chi connectivity index (χ2n) is 3.72. The van der Waals surface area contributed by atoms with Gasteiger partial charge in [0, 0.05) is 18.1 Å². The van der Waals surface area contributed by atoms with Crippen molar-refractivity contribution in [3.63, 3.8) is 0 Å². The Morgan fingerprint density at radius 1 is 1.58 bits per heavy atom. The largest absolute Gasteiger partial charge is 0.483 e. The van der Waals surface area contributed by atoms with E-state index in [9.17, 15) is 4.79 Å². The van der Waals surface area contributed by atoms with Crippen molar-refractivity contribution >= 4 is 33.4 Å². The molecule has 1 aromatic carbocycles. The smallest absolute Gasteiger partial charge is 0.260 e. The van der Waals surface area contributed by atoms with Gasteiger partial charge in [-0.05, 0) is 34.1 Å². The van der Waals surface area contributed by atoms with Crippen molar-refractivity contribution in [3.05, 3.63) is 40.3 Å². The van der Waals surface area contributed by atoms with Gasteiger partial charge >= 0.3 is 0 Å². The summed E-state index contributed by atoms with van der Waals surface area (Å²) in [6.07, 6.45) is 1.60. The summed E-state index contributed by atoms with van der Waals surface area (Å²) in [5.41, 5.74) is 0. The number of hydrogen-bond acceptors (Lipinski definition) is 3. The first-order valence-corrected chi connectivity index (χ1v) is 6.83. The number of halogens is 2. The topological polar surface area (TPSA) is 49.8 Å². The molecule has 0 bridgehead atoms. The molecule has 0 radical (unpaired) electrons. The van der Waals surface area contributed by atoms with E-state index in [2.05, 4.69) is 22.5 Å². The summed E-state index contributed by atoms with van der Waals surface area (Å²) in [5, 5.41) is 9.46. The normalized spacial score (nSPS) is 10.1. The monoisotopic (exact) mass is 347 g/mol. The quantitative estimate of drug-likeness (QED) is 0.770. The van der Waals surface area contributed by atoms with E-state index in [1.54, 1.807) is 24.3 Å². The molecule has 0 saturated carbocycles. The van der Waals surface area contributed by atoms with Crippen LogP contribution in [-0.2, 0) is 4.79 Å². The fourth-order valence-corrected chi connectivity index (χ4v) is 2.21. The molecule has 0 aliphatic carbocycles. The van der Waals surface area contributed by atoms with Crippen LogP contribution in [0.15, 0.2) is 35.3 Å². The summed E-state index contributed by atoms with van der Waals surface area (Å²) in [5.74, 6) is 0.330. The number of hydrogen-bond donors (Lipinski definition) is 1. The van der Waals surface area contributed by atoms with Gasteiger partial charge in [-0.3, -0.25) is 4.79 Å². The SMILES string of the molecule is C=CCN(CCO)C(=O)COc1ccc(Cl)cc1Br. The number of carbonyl (C=O) groups is 1. The fourth-order valence-electron chi connectivity index (χ4n) is 1.42. The second kappa shape index (κ2) is 8.19. The van der Waals surface area contributed by atoms with E-state index in [0.717, 1.165) is 0 Å². The molecule has 19 heavy (non-hydrogen) atoms. The van der Waals surface area contributed by atoms with Crippen LogP contribution in [0.25, 0.3) is 0 Å². The first-order chi connectivity index (χ1) is 9.08. The van der Waals surface area contributed by atoms with Crippen LogP contribution in [0.4, 0.5) is 0 Å². The lowest BCUT2D eigenvalue weighted by atomic mass is 10.3. The molecule has 0 unspecified atom stereocenters. The van der Waals surface area contributed by atoms with Gasteiger partial charge in [-0.15, -0.1) is 6.58 Å². The van der Waals surface area contributed by atoms with E-state index < -0.39 is 0 Å². The Labute approximate surface area is 125 Å². The van der Waals surface area contributed by atoms with Crippen LogP contribution in [0.1, 0.15) is 0 Å². The molecule has 1 N–H and O–H groups in total. The third kappa shape index (κ3) is 5.22. The molecule has 0 spiro atoms. The van der Waals surface area contributed by atoms with Crippen LogP contribution in [-0.4, -0.2) is 42.2 Å². The van der Waals surface area contributed by atoms with Gasteiger partial charge in [0.05, 0.1) is 11.1 Å². The van der Waals surface area contributed by atoms with Gasteiger partial charge in [-0.1, -0.05) is 17.7 Å². The van der Waals surface area contributed by atoms with Gasteiger partial charge < -0.3 is 14.7 Å². The van der Waals surface area contributed by atoms with Crippen molar-refractivity contribution in [1.29, 1.82) is 0 Å². The molecule has 0 fully saturated rings. The lowest BCUT2D eigenvalue weighted by molar-refractivity contribution is -0.133. The van der Waals surface area contributed by atoms with Gasteiger partial charge in [0.2, 0.25) is 0 Å². The molecule has 1 rings (SSSR count). The number of carbonyl (C=O) groups excluding carboxylic acids is 1. The van der Waals surface area contributed by atoms with Gasteiger partial charge in [-0.2, -0.15) is 0 Å². The Bertz CT molecular complexity index is 454. The maximum Gasteiger partial charge on any atom is 0.260 e. The molecule has 4 nitrogen and oxygen atoms in total. The standard InChI is InChI=1S/C13H15BrClNO3/c1-2-5-16(6-7-17)13(18)9-19-12-4-3-10(15)8-11(12)14/h2-4,8,17H,1,5-7,9H2. The molecule has 1 aromatic rings. The van der Waals surface area contributed by atoms with Crippen molar-refractivity contribution in [3.8, 4) is 5.75 Å². The summed E-state index contributed by atoms with van der Waals surface area (Å²) in [4.78, 5) is 13.3. The van der Waals surface area contributed by atoms with Gasteiger partial charge in [0.15, 0.2) is 6.61 Å². The van der Waals surface area contributed by atoms with E-state index >= 15 is 0 Å². The van der Waals surface area contributed by atoms with Crippen molar-refractivity contribution in [1.82, 2.24) is 4.90 Å². The summed E-state index contributed by atoms with van der Waals surface area (Å²) >= 11 is 9.12. The molecular formula is C13H15BrClNO3. The minimum Gasteiger partial charge on any atom is -0.483 e.